The fraction of sp³-hybridized carbons (Fsp3) is 0.538. The van der Waals surface area contributed by atoms with Gasteiger partial charge in [-0.05, 0) is 31.9 Å². The SMILES string of the molecule is CCCc1cc(C(=O)N[C@H](C(=O)O)[C@@H](C)O)sc1C. The van der Waals surface area contributed by atoms with Crippen molar-refractivity contribution in [1.29, 1.82) is 0 Å². The minimum atomic E-state index is -1.29. The maximum atomic E-state index is 12.0. The van der Waals surface area contributed by atoms with Gasteiger partial charge in [0, 0.05) is 4.88 Å². The van der Waals surface area contributed by atoms with Gasteiger partial charge in [0.25, 0.3) is 5.91 Å². The first-order valence-electron chi connectivity index (χ1n) is 6.17. The average molecular weight is 285 g/mol. The number of carbonyl (C=O) groups excluding carboxylic acids is 1. The fourth-order valence-corrected chi connectivity index (χ4v) is 2.73. The summed E-state index contributed by atoms with van der Waals surface area (Å²) in [5, 5.41) is 20.6. The summed E-state index contributed by atoms with van der Waals surface area (Å²) in [6, 6.07) is 0.504. The second kappa shape index (κ2) is 6.68. The van der Waals surface area contributed by atoms with E-state index in [4.69, 9.17) is 5.11 Å². The van der Waals surface area contributed by atoms with Crippen molar-refractivity contribution < 1.29 is 19.8 Å². The van der Waals surface area contributed by atoms with Crippen molar-refractivity contribution in [3.05, 3.63) is 21.4 Å². The second-order valence-electron chi connectivity index (χ2n) is 4.47. The molecule has 2 atom stereocenters. The number of aliphatic hydroxyl groups excluding tert-OH is 1. The minimum absolute atomic E-state index is 0.455. The predicted molar refractivity (Wildman–Crippen MR) is 73.6 cm³/mol. The molecule has 6 heteroatoms. The van der Waals surface area contributed by atoms with Crippen LogP contribution < -0.4 is 5.32 Å². The van der Waals surface area contributed by atoms with Crippen LogP contribution >= 0.6 is 11.3 Å². The Bertz CT molecular complexity index is 467. The van der Waals surface area contributed by atoms with Crippen LogP contribution in [0, 0.1) is 6.92 Å². The van der Waals surface area contributed by atoms with Crippen LogP contribution in [0.1, 0.15) is 40.4 Å². The van der Waals surface area contributed by atoms with Crippen LogP contribution in [0.3, 0.4) is 0 Å². The summed E-state index contributed by atoms with van der Waals surface area (Å²) in [5.41, 5.74) is 1.11. The number of nitrogens with one attached hydrogen (secondary N) is 1. The molecule has 0 unspecified atom stereocenters. The first-order valence-corrected chi connectivity index (χ1v) is 6.99. The normalized spacial score (nSPS) is 13.9. The number of hydrogen-bond donors (Lipinski definition) is 3. The monoisotopic (exact) mass is 285 g/mol. The van der Waals surface area contributed by atoms with Crippen molar-refractivity contribution in [1.82, 2.24) is 5.32 Å². The molecule has 1 aromatic rings. The van der Waals surface area contributed by atoms with Gasteiger partial charge in [0.2, 0.25) is 0 Å². The third kappa shape index (κ3) is 4.04. The maximum absolute atomic E-state index is 12.0. The third-order valence-corrected chi connectivity index (χ3v) is 3.89. The second-order valence-corrected chi connectivity index (χ2v) is 5.73. The Morgan fingerprint density at radius 2 is 2.11 bits per heavy atom. The summed E-state index contributed by atoms with van der Waals surface area (Å²) >= 11 is 1.34. The van der Waals surface area contributed by atoms with Gasteiger partial charge in [-0.1, -0.05) is 13.3 Å². The third-order valence-electron chi connectivity index (χ3n) is 2.80. The predicted octanol–water partition coefficient (Wildman–Crippen LogP) is 1.57. The molecule has 0 saturated heterocycles. The Morgan fingerprint density at radius 3 is 2.58 bits per heavy atom. The Hall–Kier alpha value is -1.40. The molecular formula is C13H19NO4S. The van der Waals surface area contributed by atoms with E-state index in [0.29, 0.717) is 4.88 Å². The van der Waals surface area contributed by atoms with Gasteiger partial charge in [0.1, 0.15) is 0 Å². The molecule has 19 heavy (non-hydrogen) atoms. The van der Waals surface area contributed by atoms with E-state index >= 15 is 0 Å². The van der Waals surface area contributed by atoms with Crippen LogP contribution in [0.2, 0.25) is 0 Å². The lowest BCUT2D eigenvalue weighted by atomic mass is 10.1. The molecule has 0 spiro atoms. The van der Waals surface area contributed by atoms with Crippen LogP contribution in [0.25, 0.3) is 0 Å². The standard InChI is InChI=1S/C13H19NO4S/c1-4-5-9-6-10(19-8(9)3)12(16)14-11(7(2)15)13(17)18/h6-7,11,15H,4-5H2,1-3H3,(H,14,16)(H,17,18)/t7-,11+/m1/s1. The molecule has 106 valence electrons. The van der Waals surface area contributed by atoms with Crippen LogP contribution in [-0.2, 0) is 11.2 Å². The van der Waals surface area contributed by atoms with Gasteiger partial charge in [0.15, 0.2) is 6.04 Å². The van der Waals surface area contributed by atoms with E-state index in [2.05, 4.69) is 12.2 Å². The Labute approximate surface area is 116 Å². The van der Waals surface area contributed by atoms with Gasteiger partial charge >= 0.3 is 5.97 Å². The smallest absolute Gasteiger partial charge is 0.328 e. The van der Waals surface area contributed by atoms with Gasteiger partial charge < -0.3 is 15.5 Å². The molecule has 5 nitrogen and oxygen atoms in total. The Kier molecular flexibility index (Phi) is 5.50. The minimum Gasteiger partial charge on any atom is -0.480 e. The fourth-order valence-electron chi connectivity index (χ4n) is 1.75. The van der Waals surface area contributed by atoms with Gasteiger partial charge in [-0.25, -0.2) is 4.79 Å². The number of aliphatic hydroxyl groups is 1. The zero-order chi connectivity index (χ0) is 14.6. The van der Waals surface area contributed by atoms with Crippen LogP contribution in [0.4, 0.5) is 0 Å². The molecular weight excluding hydrogens is 266 g/mol. The number of thiophene rings is 1. The summed E-state index contributed by atoms with van der Waals surface area (Å²) in [7, 11) is 0. The number of aliphatic carboxylic acids is 1. The molecule has 3 N–H and O–H groups in total. The van der Waals surface area contributed by atoms with E-state index < -0.39 is 24.0 Å². The molecule has 0 aliphatic heterocycles. The first kappa shape index (κ1) is 15.7. The molecule has 0 aliphatic rings. The molecule has 0 radical (unpaired) electrons. The van der Waals surface area contributed by atoms with Gasteiger partial charge in [0.05, 0.1) is 11.0 Å². The molecule has 0 fully saturated rings. The highest BCUT2D eigenvalue weighted by atomic mass is 32.1. The van der Waals surface area contributed by atoms with Gasteiger partial charge in [-0.2, -0.15) is 0 Å². The number of aryl methyl sites for hydroxylation is 2. The molecule has 1 aromatic heterocycles. The van der Waals surface area contributed by atoms with Crippen molar-refractivity contribution in [3.8, 4) is 0 Å². The van der Waals surface area contributed by atoms with E-state index in [0.717, 1.165) is 23.3 Å². The quantitative estimate of drug-likeness (QED) is 0.740. The zero-order valence-corrected chi connectivity index (χ0v) is 12.1. The number of amides is 1. The van der Waals surface area contributed by atoms with E-state index in [1.807, 2.05) is 6.92 Å². The highest BCUT2D eigenvalue weighted by Crippen LogP contribution is 2.22. The summed E-state index contributed by atoms with van der Waals surface area (Å²) in [4.78, 5) is 24.4. The van der Waals surface area contributed by atoms with Crippen LogP contribution in [0.5, 0.6) is 0 Å². The van der Waals surface area contributed by atoms with Crippen molar-refractivity contribution in [2.24, 2.45) is 0 Å². The molecule has 1 rings (SSSR count). The van der Waals surface area contributed by atoms with Gasteiger partial charge in [-0.3, -0.25) is 4.79 Å². The highest BCUT2D eigenvalue weighted by molar-refractivity contribution is 7.14. The topological polar surface area (TPSA) is 86.6 Å². The molecule has 1 amide bonds. The molecule has 1 heterocycles. The molecule has 0 aliphatic carbocycles. The lowest BCUT2D eigenvalue weighted by Crippen LogP contribution is -2.47. The van der Waals surface area contributed by atoms with E-state index in [1.54, 1.807) is 6.07 Å². The summed E-state index contributed by atoms with van der Waals surface area (Å²) in [6.07, 6.45) is 0.746. The summed E-state index contributed by atoms with van der Waals surface area (Å²) < 4.78 is 0. The Balaban J connectivity index is 2.83. The maximum Gasteiger partial charge on any atom is 0.328 e. The first-order chi connectivity index (χ1) is 8.86. The summed E-state index contributed by atoms with van der Waals surface area (Å²) in [5.74, 6) is -1.70. The largest absolute Gasteiger partial charge is 0.480 e. The highest BCUT2D eigenvalue weighted by Gasteiger charge is 2.26. The van der Waals surface area contributed by atoms with Crippen LogP contribution in [-0.4, -0.2) is 34.2 Å². The lowest BCUT2D eigenvalue weighted by molar-refractivity contribution is -0.141. The van der Waals surface area contributed by atoms with Crippen molar-refractivity contribution in [2.45, 2.75) is 45.8 Å². The van der Waals surface area contributed by atoms with E-state index in [9.17, 15) is 14.7 Å². The lowest BCUT2D eigenvalue weighted by Gasteiger charge is -2.16. The van der Waals surface area contributed by atoms with Crippen molar-refractivity contribution in [2.75, 3.05) is 0 Å². The summed E-state index contributed by atoms with van der Waals surface area (Å²) in [6.45, 7) is 5.34. The number of hydrogen-bond acceptors (Lipinski definition) is 4. The number of carbonyl (C=O) groups is 2. The Morgan fingerprint density at radius 1 is 1.47 bits per heavy atom. The average Bonchev–Trinajstić information content (AvgIpc) is 2.67. The molecule has 0 aromatic carbocycles. The number of rotatable bonds is 6. The molecule has 0 saturated carbocycles. The molecule has 0 bridgehead atoms. The van der Waals surface area contributed by atoms with Crippen molar-refractivity contribution in [3.63, 3.8) is 0 Å². The van der Waals surface area contributed by atoms with Crippen LogP contribution in [0.15, 0.2) is 6.07 Å². The zero-order valence-electron chi connectivity index (χ0n) is 11.3. The number of carboxylic acids is 1. The van der Waals surface area contributed by atoms with E-state index in [-0.39, 0.29) is 0 Å². The number of carboxylic acid groups (broad SMARTS) is 1. The van der Waals surface area contributed by atoms with Crippen molar-refractivity contribution >= 4 is 23.2 Å². The van der Waals surface area contributed by atoms with Gasteiger partial charge in [-0.15, -0.1) is 11.3 Å². The van der Waals surface area contributed by atoms with E-state index in [1.165, 1.54) is 18.3 Å².